The molecule has 16 heavy (non-hydrogen) atoms. The van der Waals surface area contributed by atoms with Gasteiger partial charge in [-0.05, 0) is 62.4 Å². The molecule has 0 radical (unpaired) electrons. The standard InChI is InChI=1S/C10H13Br2NO2.ClH/c11-7-4-6(5-8(12)10(7)15)9(13)2-1-3-14;/h4-5,9,14-15H,1-3,13H2;1H/t9-;/m1./s1. The van der Waals surface area contributed by atoms with Crippen molar-refractivity contribution in [2.45, 2.75) is 18.9 Å². The van der Waals surface area contributed by atoms with Crippen LogP contribution in [0, 0.1) is 0 Å². The SMILES string of the molecule is Cl.N[C@H](CCCO)c1cc(Br)c(O)c(Br)c1. The van der Waals surface area contributed by atoms with E-state index >= 15 is 0 Å². The van der Waals surface area contributed by atoms with E-state index in [-0.39, 0.29) is 30.8 Å². The molecule has 1 aromatic carbocycles. The minimum atomic E-state index is -0.120. The first-order valence-electron chi connectivity index (χ1n) is 4.60. The molecule has 4 N–H and O–H groups in total. The molecule has 0 bridgehead atoms. The van der Waals surface area contributed by atoms with Gasteiger partial charge in [-0.3, -0.25) is 0 Å². The number of benzene rings is 1. The Morgan fingerprint density at radius 2 is 1.75 bits per heavy atom. The Balaban J connectivity index is 0.00000225. The van der Waals surface area contributed by atoms with Crippen LogP contribution in [0.1, 0.15) is 24.4 Å². The topological polar surface area (TPSA) is 66.5 Å². The van der Waals surface area contributed by atoms with Crippen LogP contribution in [0.4, 0.5) is 0 Å². The van der Waals surface area contributed by atoms with Crippen molar-refractivity contribution in [1.82, 2.24) is 0 Å². The number of rotatable bonds is 4. The van der Waals surface area contributed by atoms with Crippen molar-refractivity contribution in [3.8, 4) is 5.75 Å². The molecule has 1 aromatic rings. The summed E-state index contributed by atoms with van der Waals surface area (Å²) >= 11 is 6.50. The molecule has 0 heterocycles. The maximum atomic E-state index is 9.51. The van der Waals surface area contributed by atoms with E-state index in [0.717, 1.165) is 12.0 Å². The van der Waals surface area contributed by atoms with E-state index in [1.54, 1.807) is 12.1 Å². The second-order valence-electron chi connectivity index (χ2n) is 3.31. The maximum Gasteiger partial charge on any atom is 0.143 e. The summed E-state index contributed by atoms with van der Waals surface area (Å²) in [5, 5.41) is 18.2. The van der Waals surface area contributed by atoms with Gasteiger partial charge < -0.3 is 15.9 Å². The third-order valence-electron chi connectivity index (χ3n) is 2.14. The maximum absolute atomic E-state index is 9.51. The lowest BCUT2D eigenvalue weighted by atomic mass is 10.0. The van der Waals surface area contributed by atoms with E-state index in [1.165, 1.54) is 0 Å². The molecule has 0 saturated carbocycles. The number of nitrogens with two attached hydrogens (primary N) is 1. The molecule has 92 valence electrons. The highest BCUT2D eigenvalue weighted by molar-refractivity contribution is 9.11. The molecule has 0 aromatic heterocycles. The number of aliphatic hydroxyl groups excluding tert-OH is 1. The monoisotopic (exact) mass is 373 g/mol. The molecule has 0 unspecified atom stereocenters. The quantitative estimate of drug-likeness (QED) is 0.758. The highest BCUT2D eigenvalue weighted by Gasteiger charge is 2.11. The number of aliphatic hydroxyl groups is 1. The van der Waals surface area contributed by atoms with Gasteiger partial charge in [0.05, 0.1) is 8.95 Å². The molecular weight excluding hydrogens is 361 g/mol. The number of phenols is 1. The zero-order chi connectivity index (χ0) is 11.4. The van der Waals surface area contributed by atoms with Crippen LogP contribution in [0.5, 0.6) is 5.75 Å². The number of aromatic hydroxyl groups is 1. The average molecular weight is 375 g/mol. The van der Waals surface area contributed by atoms with E-state index in [1.807, 2.05) is 0 Å². The molecule has 0 fully saturated rings. The van der Waals surface area contributed by atoms with Crippen molar-refractivity contribution in [2.75, 3.05) is 6.61 Å². The highest BCUT2D eigenvalue weighted by Crippen LogP contribution is 2.35. The largest absolute Gasteiger partial charge is 0.506 e. The Kier molecular flexibility index (Phi) is 7.59. The molecule has 0 aliphatic carbocycles. The molecule has 6 heteroatoms. The van der Waals surface area contributed by atoms with E-state index in [0.29, 0.717) is 15.4 Å². The van der Waals surface area contributed by atoms with Crippen LogP contribution in [-0.2, 0) is 0 Å². The fourth-order valence-corrected chi connectivity index (χ4v) is 2.50. The predicted molar refractivity (Wildman–Crippen MR) is 74.0 cm³/mol. The first kappa shape index (κ1) is 16.2. The van der Waals surface area contributed by atoms with Crippen molar-refractivity contribution in [1.29, 1.82) is 0 Å². The summed E-state index contributed by atoms with van der Waals surface area (Å²) in [4.78, 5) is 0. The van der Waals surface area contributed by atoms with E-state index in [2.05, 4.69) is 31.9 Å². The predicted octanol–water partition coefficient (Wildman–Crippen LogP) is 3.11. The van der Waals surface area contributed by atoms with Gasteiger partial charge >= 0.3 is 0 Å². The minimum absolute atomic E-state index is 0. The third kappa shape index (κ3) is 4.22. The number of halogens is 3. The van der Waals surface area contributed by atoms with Gasteiger partial charge in [-0.15, -0.1) is 12.4 Å². The lowest BCUT2D eigenvalue weighted by molar-refractivity contribution is 0.280. The normalized spacial score (nSPS) is 12.0. The summed E-state index contributed by atoms with van der Waals surface area (Å²) in [5.74, 6) is 0.174. The van der Waals surface area contributed by atoms with Crippen molar-refractivity contribution in [3.05, 3.63) is 26.6 Å². The summed E-state index contributed by atoms with van der Waals surface area (Å²) in [6.45, 7) is 0.147. The summed E-state index contributed by atoms with van der Waals surface area (Å²) in [7, 11) is 0. The second-order valence-corrected chi connectivity index (χ2v) is 5.01. The Labute approximate surface area is 118 Å². The highest BCUT2D eigenvalue weighted by atomic mass is 79.9. The second kappa shape index (κ2) is 7.50. The molecule has 0 aliphatic rings. The first-order chi connectivity index (χ1) is 7.06. The molecule has 1 rings (SSSR count). The van der Waals surface area contributed by atoms with Crippen molar-refractivity contribution >= 4 is 44.3 Å². The van der Waals surface area contributed by atoms with Gasteiger partial charge in [-0.2, -0.15) is 0 Å². The van der Waals surface area contributed by atoms with Crippen LogP contribution in [0.2, 0.25) is 0 Å². The van der Waals surface area contributed by atoms with Gasteiger partial charge in [-0.1, -0.05) is 0 Å². The molecule has 0 saturated heterocycles. The lowest BCUT2D eigenvalue weighted by Crippen LogP contribution is -2.10. The van der Waals surface area contributed by atoms with Crippen LogP contribution in [0.3, 0.4) is 0 Å². The molecular formula is C10H14Br2ClNO2. The average Bonchev–Trinajstić information content (AvgIpc) is 2.21. The van der Waals surface area contributed by atoms with Crippen molar-refractivity contribution in [2.24, 2.45) is 5.73 Å². The van der Waals surface area contributed by atoms with E-state index < -0.39 is 0 Å². The molecule has 3 nitrogen and oxygen atoms in total. The Hall–Kier alpha value is 0.190. The minimum Gasteiger partial charge on any atom is -0.506 e. The van der Waals surface area contributed by atoms with Crippen molar-refractivity contribution < 1.29 is 10.2 Å². The van der Waals surface area contributed by atoms with Gasteiger partial charge in [0.15, 0.2) is 0 Å². The number of hydrogen-bond donors (Lipinski definition) is 3. The van der Waals surface area contributed by atoms with Gasteiger partial charge in [0.2, 0.25) is 0 Å². The molecule has 1 atom stereocenters. The Morgan fingerprint density at radius 3 is 2.19 bits per heavy atom. The fourth-order valence-electron chi connectivity index (χ4n) is 1.28. The molecule has 0 amide bonds. The number of hydrogen-bond acceptors (Lipinski definition) is 3. The van der Waals surface area contributed by atoms with Gasteiger partial charge in [0.1, 0.15) is 5.75 Å². The number of phenolic OH excluding ortho intramolecular Hbond substituents is 1. The van der Waals surface area contributed by atoms with Crippen LogP contribution < -0.4 is 5.73 Å². The third-order valence-corrected chi connectivity index (χ3v) is 3.35. The van der Waals surface area contributed by atoms with Crippen LogP contribution in [0.15, 0.2) is 21.1 Å². The van der Waals surface area contributed by atoms with E-state index in [4.69, 9.17) is 10.8 Å². The lowest BCUT2D eigenvalue weighted by Gasteiger charge is -2.13. The smallest absolute Gasteiger partial charge is 0.143 e. The van der Waals surface area contributed by atoms with Gasteiger partial charge in [0.25, 0.3) is 0 Å². The Bertz CT molecular complexity index is 327. The zero-order valence-corrected chi connectivity index (χ0v) is 12.5. The Morgan fingerprint density at radius 1 is 1.25 bits per heavy atom. The summed E-state index contributed by atoms with van der Waals surface area (Å²) < 4.78 is 1.23. The van der Waals surface area contributed by atoms with Gasteiger partial charge in [-0.25, -0.2) is 0 Å². The summed E-state index contributed by atoms with van der Waals surface area (Å²) in [5.41, 5.74) is 6.87. The van der Waals surface area contributed by atoms with E-state index in [9.17, 15) is 5.11 Å². The molecule has 0 aliphatic heterocycles. The zero-order valence-electron chi connectivity index (χ0n) is 8.49. The van der Waals surface area contributed by atoms with Crippen LogP contribution in [0.25, 0.3) is 0 Å². The summed E-state index contributed by atoms with van der Waals surface area (Å²) in [6, 6.07) is 3.47. The van der Waals surface area contributed by atoms with Crippen LogP contribution in [-0.4, -0.2) is 16.8 Å². The van der Waals surface area contributed by atoms with Crippen molar-refractivity contribution in [3.63, 3.8) is 0 Å². The molecule has 0 spiro atoms. The summed E-state index contributed by atoms with van der Waals surface area (Å²) in [6.07, 6.45) is 1.40. The van der Waals surface area contributed by atoms with Crippen LogP contribution >= 0.6 is 44.3 Å². The fraction of sp³-hybridized carbons (Fsp3) is 0.400. The van der Waals surface area contributed by atoms with Gasteiger partial charge in [0, 0.05) is 12.6 Å². The first-order valence-corrected chi connectivity index (χ1v) is 6.19.